The number of nitrogens with zero attached hydrogens (tertiary/aromatic N) is 4. The molecule has 0 unspecified atom stereocenters. The Bertz CT molecular complexity index is 1270. The standard InChI is InChI=1S/C22H24N6O2S/c1-13(29)26-22(2,3)18-11-17-19(31-18)21(28-7-9-30-10-8-28)25-20(24-17)14-5-4-6-16-15(14)12-23-27-16/h4-6,11-12H,7-10H2,1-3H3,(H,23,27)(H,26,29). The van der Waals surface area contributed by atoms with Gasteiger partial charge in [-0.1, -0.05) is 12.1 Å². The van der Waals surface area contributed by atoms with E-state index in [1.807, 2.05) is 38.2 Å². The number of aromatic amines is 1. The van der Waals surface area contributed by atoms with Crippen molar-refractivity contribution in [3.63, 3.8) is 0 Å². The van der Waals surface area contributed by atoms with Crippen LogP contribution in [0.2, 0.25) is 0 Å². The van der Waals surface area contributed by atoms with E-state index < -0.39 is 5.54 Å². The van der Waals surface area contributed by atoms with Gasteiger partial charge in [-0.3, -0.25) is 9.89 Å². The van der Waals surface area contributed by atoms with Gasteiger partial charge in [0.1, 0.15) is 0 Å². The zero-order valence-corrected chi connectivity index (χ0v) is 18.5. The third kappa shape index (κ3) is 3.64. The van der Waals surface area contributed by atoms with Gasteiger partial charge in [0, 0.05) is 35.8 Å². The van der Waals surface area contributed by atoms with Crippen LogP contribution < -0.4 is 10.2 Å². The maximum absolute atomic E-state index is 11.7. The highest BCUT2D eigenvalue weighted by atomic mass is 32.1. The van der Waals surface area contributed by atoms with Crippen LogP contribution in [0, 0.1) is 0 Å². The lowest BCUT2D eigenvalue weighted by molar-refractivity contribution is -0.120. The molecule has 5 rings (SSSR count). The summed E-state index contributed by atoms with van der Waals surface area (Å²) in [4.78, 5) is 25.0. The highest BCUT2D eigenvalue weighted by molar-refractivity contribution is 7.19. The normalized spacial score (nSPS) is 15.0. The number of carbonyl (C=O) groups excluding carboxylic acids is 1. The Labute approximate surface area is 183 Å². The van der Waals surface area contributed by atoms with Crippen LogP contribution in [0.5, 0.6) is 0 Å². The lowest BCUT2D eigenvalue weighted by atomic mass is 10.0. The molecule has 4 aromatic rings. The molecule has 0 spiro atoms. The van der Waals surface area contributed by atoms with Crippen LogP contribution in [0.25, 0.3) is 32.5 Å². The number of aromatic nitrogens is 4. The molecule has 0 aliphatic carbocycles. The van der Waals surface area contributed by atoms with E-state index in [0.717, 1.165) is 50.5 Å². The molecule has 0 bridgehead atoms. The molecule has 3 aromatic heterocycles. The molecule has 0 atom stereocenters. The maximum Gasteiger partial charge on any atom is 0.217 e. The third-order valence-corrected chi connectivity index (χ3v) is 6.94. The van der Waals surface area contributed by atoms with Crippen molar-refractivity contribution in [1.82, 2.24) is 25.5 Å². The van der Waals surface area contributed by atoms with Gasteiger partial charge in [-0.2, -0.15) is 5.10 Å². The van der Waals surface area contributed by atoms with Crippen LogP contribution >= 0.6 is 11.3 Å². The summed E-state index contributed by atoms with van der Waals surface area (Å²) in [6.07, 6.45) is 1.81. The van der Waals surface area contributed by atoms with E-state index in [2.05, 4.69) is 26.5 Å². The topological polar surface area (TPSA) is 96.0 Å². The quantitative estimate of drug-likeness (QED) is 0.509. The van der Waals surface area contributed by atoms with Crippen molar-refractivity contribution in [3.05, 3.63) is 35.3 Å². The first-order valence-electron chi connectivity index (χ1n) is 10.3. The molecule has 0 radical (unpaired) electrons. The molecular weight excluding hydrogens is 412 g/mol. The number of hydrogen-bond donors (Lipinski definition) is 2. The fraction of sp³-hybridized carbons (Fsp3) is 0.364. The SMILES string of the molecule is CC(=O)NC(C)(C)c1cc2nc(-c3cccc4[nH]ncc34)nc(N3CCOCC3)c2s1. The molecule has 1 amide bonds. The van der Waals surface area contributed by atoms with E-state index in [1.165, 1.54) is 6.92 Å². The fourth-order valence-electron chi connectivity index (χ4n) is 4.00. The molecule has 1 saturated heterocycles. The summed E-state index contributed by atoms with van der Waals surface area (Å²) in [5.41, 5.74) is 2.28. The van der Waals surface area contributed by atoms with Crippen LogP contribution in [0.1, 0.15) is 25.6 Å². The van der Waals surface area contributed by atoms with E-state index in [-0.39, 0.29) is 5.91 Å². The van der Waals surface area contributed by atoms with Crippen molar-refractivity contribution in [2.75, 3.05) is 31.2 Å². The Morgan fingerprint density at radius 3 is 2.84 bits per heavy atom. The molecule has 1 aliphatic rings. The predicted octanol–water partition coefficient (Wildman–Crippen LogP) is 3.44. The van der Waals surface area contributed by atoms with Gasteiger partial charge in [-0.15, -0.1) is 11.3 Å². The first kappa shape index (κ1) is 19.9. The number of rotatable bonds is 4. The number of carbonyl (C=O) groups is 1. The minimum atomic E-state index is -0.496. The van der Waals surface area contributed by atoms with Crippen molar-refractivity contribution < 1.29 is 9.53 Å². The van der Waals surface area contributed by atoms with Crippen LogP contribution in [0.3, 0.4) is 0 Å². The number of nitrogens with one attached hydrogen (secondary N) is 2. The van der Waals surface area contributed by atoms with E-state index in [4.69, 9.17) is 14.7 Å². The Morgan fingerprint density at radius 1 is 1.26 bits per heavy atom. The number of fused-ring (bicyclic) bond motifs is 2. The number of thiophene rings is 1. The molecule has 4 heterocycles. The summed E-state index contributed by atoms with van der Waals surface area (Å²) >= 11 is 1.63. The zero-order valence-electron chi connectivity index (χ0n) is 17.7. The van der Waals surface area contributed by atoms with Crippen molar-refractivity contribution in [1.29, 1.82) is 0 Å². The summed E-state index contributed by atoms with van der Waals surface area (Å²) in [5.74, 6) is 1.52. The summed E-state index contributed by atoms with van der Waals surface area (Å²) in [7, 11) is 0. The number of anilines is 1. The second-order valence-electron chi connectivity index (χ2n) is 8.24. The van der Waals surface area contributed by atoms with Gasteiger partial charge >= 0.3 is 0 Å². The maximum atomic E-state index is 11.7. The summed E-state index contributed by atoms with van der Waals surface area (Å²) in [6.45, 7) is 8.47. The van der Waals surface area contributed by atoms with Crippen molar-refractivity contribution >= 4 is 44.2 Å². The number of morpholine rings is 1. The molecule has 9 heteroatoms. The molecule has 8 nitrogen and oxygen atoms in total. The lowest BCUT2D eigenvalue weighted by Crippen LogP contribution is -2.38. The minimum Gasteiger partial charge on any atom is -0.378 e. The van der Waals surface area contributed by atoms with E-state index in [9.17, 15) is 4.79 Å². The molecule has 1 fully saturated rings. The van der Waals surface area contributed by atoms with Crippen LogP contribution in [-0.4, -0.2) is 52.4 Å². The van der Waals surface area contributed by atoms with Gasteiger partial charge in [-0.05, 0) is 26.0 Å². The molecular formula is C22H24N6O2S. The van der Waals surface area contributed by atoms with Crippen LogP contribution in [-0.2, 0) is 15.1 Å². The average molecular weight is 437 g/mol. The van der Waals surface area contributed by atoms with Crippen molar-refractivity contribution in [2.24, 2.45) is 0 Å². The second-order valence-corrected chi connectivity index (χ2v) is 9.29. The highest BCUT2D eigenvalue weighted by Crippen LogP contribution is 2.39. The Morgan fingerprint density at radius 2 is 2.06 bits per heavy atom. The van der Waals surface area contributed by atoms with Crippen LogP contribution in [0.15, 0.2) is 30.5 Å². The first-order chi connectivity index (χ1) is 14.9. The largest absolute Gasteiger partial charge is 0.378 e. The summed E-state index contributed by atoms with van der Waals surface area (Å²) < 4.78 is 6.58. The van der Waals surface area contributed by atoms with Crippen molar-refractivity contribution in [3.8, 4) is 11.4 Å². The zero-order chi connectivity index (χ0) is 21.6. The molecule has 1 aliphatic heterocycles. The summed E-state index contributed by atoms with van der Waals surface area (Å²) in [5, 5.41) is 11.2. The minimum absolute atomic E-state index is 0.0609. The van der Waals surface area contributed by atoms with Gasteiger partial charge in [0.05, 0.1) is 40.7 Å². The van der Waals surface area contributed by atoms with Gasteiger partial charge in [0.25, 0.3) is 0 Å². The van der Waals surface area contributed by atoms with E-state index in [0.29, 0.717) is 19.0 Å². The van der Waals surface area contributed by atoms with Crippen LogP contribution in [0.4, 0.5) is 5.82 Å². The highest BCUT2D eigenvalue weighted by Gasteiger charge is 2.27. The third-order valence-electron chi connectivity index (χ3n) is 5.49. The number of ether oxygens (including phenoxy) is 1. The number of H-pyrrole nitrogens is 1. The molecule has 160 valence electrons. The molecule has 0 saturated carbocycles. The molecule has 2 N–H and O–H groups in total. The van der Waals surface area contributed by atoms with Gasteiger partial charge in [0.15, 0.2) is 11.6 Å². The molecule has 31 heavy (non-hydrogen) atoms. The second kappa shape index (κ2) is 7.58. The lowest BCUT2D eigenvalue weighted by Gasteiger charge is -2.28. The van der Waals surface area contributed by atoms with Gasteiger partial charge < -0.3 is 15.0 Å². The van der Waals surface area contributed by atoms with E-state index >= 15 is 0 Å². The first-order valence-corrected chi connectivity index (χ1v) is 11.1. The average Bonchev–Trinajstić information content (AvgIpc) is 3.40. The van der Waals surface area contributed by atoms with Gasteiger partial charge in [-0.25, -0.2) is 9.97 Å². The Hall–Kier alpha value is -3.04. The number of hydrogen-bond acceptors (Lipinski definition) is 7. The Balaban J connectivity index is 1.71. The number of benzene rings is 1. The summed E-state index contributed by atoms with van der Waals surface area (Å²) in [6, 6.07) is 8.07. The van der Waals surface area contributed by atoms with Crippen molar-refractivity contribution in [2.45, 2.75) is 26.3 Å². The van der Waals surface area contributed by atoms with E-state index in [1.54, 1.807) is 11.3 Å². The number of amides is 1. The molecule has 1 aromatic carbocycles. The fourth-order valence-corrected chi connectivity index (χ4v) is 5.17. The predicted molar refractivity (Wildman–Crippen MR) is 122 cm³/mol. The Kier molecular flexibility index (Phi) is 4.86. The monoisotopic (exact) mass is 436 g/mol. The van der Waals surface area contributed by atoms with Gasteiger partial charge in [0.2, 0.25) is 5.91 Å². The smallest absolute Gasteiger partial charge is 0.217 e.